The zero-order chi connectivity index (χ0) is 12.8. The minimum Gasteiger partial charge on any atom is -0.468 e. The van der Waals surface area contributed by atoms with Crippen LogP contribution in [0.15, 0.2) is 34.5 Å². The van der Waals surface area contributed by atoms with E-state index in [1.54, 1.807) is 6.26 Å². The van der Waals surface area contributed by atoms with Crippen LogP contribution in [-0.4, -0.2) is 5.78 Å². The van der Waals surface area contributed by atoms with Crippen LogP contribution < -0.4 is 0 Å². The molecule has 0 spiro atoms. The number of ketones is 1. The summed E-state index contributed by atoms with van der Waals surface area (Å²) in [4.78, 5) is 12.5. The van der Waals surface area contributed by atoms with E-state index in [-0.39, 0.29) is 11.2 Å². The molecule has 0 radical (unpaired) electrons. The Balaban J connectivity index is 2.72. The average molecular weight is 230 g/mol. The highest BCUT2D eigenvalue weighted by Crippen LogP contribution is 2.43. The maximum absolute atomic E-state index is 12.5. The Bertz CT molecular complexity index is 527. The highest BCUT2D eigenvalue weighted by atomic mass is 16.3. The summed E-state index contributed by atoms with van der Waals surface area (Å²) in [5.41, 5.74) is 3.29. The van der Waals surface area contributed by atoms with Gasteiger partial charge in [-0.15, -0.1) is 6.58 Å². The van der Waals surface area contributed by atoms with Crippen molar-refractivity contribution in [3.8, 4) is 0 Å². The largest absolute Gasteiger partial charge is 0.468 e. The van der Waals surface area contributed by atoms with Crippen LogP contribution in [0.1, 0.15) is 42.5 Å². The van der Waals surface area contributed by atoms with E-state index >= 15 is 0 Å². The Kier molecular flexibility index (Phi) is 2.61. The number of rotatable bonds is 1. The molecule has 1 aromatic rings. The Labute approximate surface area is 102 Å². The smallest absolute Gasteiger partial charge is 0.193 e. The molecule has 0 saturated heterocycles. The fraction of sp³-hybridized carbons (Fsp3) is 0.400. The zero-order valence-corrected chi connectivity index (χ0v) is 10.9. The van der Waals surface area contributed by atoms with Gasteiger partial charge in [0.15, 0.2) is 5.78 Å². The van der Waals surface area contributed by atoms with E-state index in [1.807, 2.05) is 33.8 Å². The summed E-state index contributed by atoms with van der Waals surface area (Å²) in [6.45, 7) is 11.8. The summed E-state index contributed by atoms with van der Waals surface area (Å²) in [7, 11) is 0. The molecule has 0 bridgehead atoms. The maximum Gasteiger partial charge on any atom is 0.193 e. The van der Waals surface area contributed by atoms with E-state index < -0.39 is 0 Å². The molecular formula is C15H18O2. The first-order chi connectivity index (χ1) is 7.90. The van der Waals surface area contributed by atoms with Crippen LogP contribution in [-0.2, 0) is 6.42 Å². The van der Waals surface area contributed by atoms with E-state index in [9.17, 15) is 4.79 Å². The number of Topliss-reactive ketones (excluding diaryl/α,β-unsaturated/α-hetero) is 1. The number of fused-ring (bicyclic) bond motifs is 1. The minimum absolute atomic E-state index is 0.0971. The number of hydrogen-bond donors (Lipinski definition) is 0. The van der Waals surface area contributed by atoms with Crippen LogP contribution in [0.3, 0.4) is 0 Å². The van der Waals surface area contributed by atoms with Crippen LogP contribution in [0.4, 0.5) is 0 Å². The number of aryl methyl sites for hydroxylation is 1. The van der Waals surface area contributed by atoms with Crippen molar-refractivity contribution in [2.24, 2.45) is 5.41 Å². The predicted molar refractivity (Wildman–Crippen MR) is 68.2 cm³/mol. The molecule has 0 saturated carbocycles. The third kappa shape index (κ3) is 1.59. The van der Waals surface area contributed by atoms with E-state index in [0.29, 0.717) is 6.42 Å². The van der Waals surface area contributed by atoms with E-state index in [0.717, 1.165) is 28.0 Å². The van der Waals surface area contributed by atoms with Crippen LogP contribution in [0, 0.1) is 12.3 Å². The molecule has 17 heavy (non-hydrogen) atoms. The highest BCUT2D eigenvalue weighted by molar-refractivity contribution is 6.12. The number of hydrogen-bond acceptors (Lipinski definition) is 2. The van der Waals surface area contributed by atoms with Gasteiger partial charge in [0.2, 0.25) is 0 Å². The third-order valence-electron chi connectivity index (χ3n) is 3.55. The summed E-state index contributed by atoms with van der Waals surface area (Å²) >= 11 is 0. The van der Waals surface area contributed by atoms with Gasteiger partial charge in [0.05, 0.1) is 11.8 Å². The van der Waals surface area contributed by atoms with Crippen molar-refractivity contribution in [2.75, 3.05) is 0 Å². The molecular weight excluding hydrogens is 212 g/mol. The third-order valence-corrected chi connectivity index (χ3v) is 3.55. The van der Waals surface area contributed by atoms with Gasteiger partial charge in [0.1, 0.15) is 5.76 Å². The SMILES string of the molecule is C=C[C@]1(C)Cc2occ(C)c2C(=O)C1=C(C)C. The Morgan fingerprint density at radius 2 is 2.18 bits per heavy atom. The van der Waals surface area contributed by atoms with Crippen molar-refractivity contribution >= 4 is 5.78 Å². The first-order valence-corrected chi connectivity index (χ1v) is 5.84. The van der Waals surface area contributed by atoms with Crippen LogP contribution in [0.5, 0.6) is 0 Å². The van der Waals surface area contributed by atoms with Crippen molar-refractivity contribution in [1.82, 2.24) is 0 Å². The lowest BCUT2D eigenvalue weighted by Crippen LogP contribution is -2.31. The van der Waals surface area contributed by atoms with E-state index in [1.165, 1.54) is 0 Å². The van der Waals surface area contributed by atoms with Crippen LogP contribution >= 0.6 is 0 Å². The molecule has 1 atom stereocenters. The van der Waals surface area contributed by atoms with Crippen molar-refractivity contribution in [3.05, 3.63) is 47.0 Å². The summed E-state index contributed by atoms with van der Waals surface area (Å²) in [6.07, 6.45) is 4.24. The Morgan fingerprint density at radius 3 is 2.71 bits per heavy atom. The second kappa shape index (κ2) is 3.73. The van der Waals surface area contributed by atoms with Gasteiger partial charge in [-0.05, 0) is 26.3 Å². The first kappa shape index (κ1) is 11.9. The quantitative estimate of drug-likeness (QED) is 0.541. The fourth-order valence-electron chi connectivity index (χ4n) is 2.71. The van der Waals surface area contributed by atoms with E-state index in [2.05, 4.69) is 6.58 Å². The molecule has 1 heterocycles. The van der Waals surface area contributed by atoms with Crippen molar-refractivity contribution in [1.29, 1.82) is 0 Å². The molecule has 0 unspecified atom stereocenters. The summed E-state index contributed by atoms with van der Waals surface area (Å²) in [6, 6.07) is 0. The number of carbonyl (C=O) groups excluding carboxylic acids is 1. The minimum atomic E-state index is -0.312. The molecule has 1 aliphatic carbocycles. The standard InChI is InChI=1S/C15H18O2/c1-6-15(5)7-11-12(10(4)8-17-11)14(16)13(15)9(2)3/h6,8H,1,7H2,2-5H3/t15-/m1/s1. The van der Waals surface area contributed by atoms with Gasteiger partial charge < -0.3 is 4.42 Å². The van der Waals surface area contributed by atoms with Crippen LogP contribution in [0.2, 0.25) is 0 Å². The van der Waals surface area contributed by atoms with E-state index in [4.69, 9.17) is 4.42 Å². The van der Waals surface area contributed by atoms with Crippen molar-refractivity contribution in [2.45, 2.75) is 34.1 Å². The number of furan rings is 1. The lowest BCUT2D eigenvalue weighted by Gasteiger charge is -2.33. The Hall–Kier alpha value is -1.57. The summed E-state index contributed by atoms with van der Waals surface area (Å²) in [5.74, 6) is 0.889. The lowest BCUT2D eigenvalue weighted by atomic mass is 9.69. The van der Waals surface area contributed by atoms with Crippen molar-refractivity contribution in [3.63, 3.8) is 0 Å². The van der Waals surface area contributed by atoms with Gasteiger partial charge in [-0.25, -0.2) is 0 Å². The number of carbonyl (C=O) groups is 1. The molecule has 1 aromatic heterocycles. The fourth-order valence-corrected chi connectivity index (χ4v) is 2.71. The van der Waals surface area contributed by atoms with Crippen LogP contribution in [0.25, 0.3) is 0 Å². The molecule has 0 N–H and O–H groups in total. The molecule has 2 heteroatoms. The molecule has 0 fully saturated rings. The zero-order valence-electron chi connectivity index (χ0n) is 10.9. The van der Waals surface area contributed by atoms with Crippen molar-refractivity contribution < 1.29 is 9.21 Å². The first-order valence-electron chi connectivity index (χ1n) is 5.84. The molecule has 90 valence electrons. The van der Waals surface area contributed by atoms with Gasteiger partial charge in [-0.2, -0.15) is 0 Å². The molecule has 0 aromatic carbocycles. The van der Waals surface area contributed by atoms with Gasteiger partial charge in [0.25, 0.3) is 0 Å². The molecule has 0 aliphatic heterocycles. The monoisotopic (exact) mass is 230 g/mol. The highest BCUT2D eigenvalue weighted by Gasteiger charge is 2.40. The van der Waals surface area contributed by atoms with Gasteiger partial charge in [-0.3, -0.25) is 4.79 Å². The molecule has 2 rings (SSSR count). The molecule has 0 amide bonds. The Morgan fingerprint density at radius 1 is 1.53 bits per heavy atom. The molecule has 1 aliphatic rings. The predicted octanol–water partition coefficient (Wildman–Crippen LogP) is 3.86. The van der Waals surface area contributed by atoms with Gasteiger partial charge in [0, 0.05) is 17.4 Å². The lowest BCUT2D eigenvalue weighted by molar-refractivity contribution is 0.0995. The molecule has 2 nitrogen and oxygen atoms in total. The van der Waals surface area contributed by atoms with Gasteiger partial charge >= 0.3 is 0 Å². The number of allylic oxidation sites excluding steroid dienone is 3. The second-order valence-electron chi connectivity index (χ2n) is 5.22. The topological polar surface area (TPSA) is 30.2 Å². The second-order valence-corrected chi connectivity index (χ2v) is 5.22. The van der Waals surface area contributed by atoms with Gasteiger partial charge in [-0.1, -0.05) is 18.6 Å². The average Bonchev–Trinajstić information content (AvgIpc) is 2.59. The normalized spacial score (nSPS) is 23.5. The summed E-state index contributed by atoms with van der Waals surface area (Å²) in [5, 5.41) is 0. The maximum atomic E-state index is 12.5. The summed E-state index contributed by atoms with van der Waals surface area (Å²) < 4.78 is 5.49.